The molecule has 3 heterocycles. The van der Waals surface area contributed by atoms with Gasteiger partial charge in [-0.05, 0) is 6.92 Å². The third kappa shape index (κ3) is 2.07. The van der Waals surface area contributed by atoms with Gasteiger partial charge in [0.05, 0.1) is 13.2 Å². The van der Waals surface area contributed by atoms with Gasteiger partial charge in [0.1, 0.15) is 17.8 Å². The summed E-state index contributed by atoms with van der Waals surface area (Å²) >= 11 is 0. The quantitative estimate of drug-likeness (QED) is 0.873. The molecule has 2 aromatic rings. The van der Waals surface area contributed by atoms with Crippen LogP contribution in [0.25, 0.3) is 0 Å². The van der Waals surface area contributed by atoms with Crippen molar-refractivity contribution >= 4 is 11.5 Å². The van der Waals surface area contributed by atoms with Crippen LogP contribution in [0.15, 0.2) is 18.7 Å². The third-order valence-electron chi connectivity index (χ3n) is 3.15. The van der Waals surface area contributed by atoms with Crippen LogP contribution < -0.4 is 15.4 Å². The van der Waals surface area contributed by atoms with Gasteiger partial charge in [0.25, 0.3) is 0 Å². The van der Waals surface area contributed by atoms with Crippen molar-refractivity contribution in [1.82, 2.24) is 19.5 Å². The Morgan fingerprint density at radius 3 is 3.05 bits per heavy atom. The molecule has 0 amide bonds. The predicted octanol–water partition coefficient (Wildman–Crippen LogP) is 0.674. The molecule has 0 spiro atoms. The standard InChI is InChI=1S/C12H16N6O/c1-2-19-12-10(13)11(15-8-16-12)18-6-5-17-4-3-14-9(17)7-18/h3-4,8H,2,5-7,13H2,1H3. The van der Waals surface area contributed by atoms with E-state index in [1.807, 2.05) is 19.3 Å². The molecule has 3 rings (SSSR count). The fourth-order valence-corrected chi connectivity index (χ4v) is 2.23. The SMILES string of the molecule is CCOc1ncnc(N2CCn3ccnc3C2)c1N. The molecule has 0 atom stereocenters. The minimum Gasteiger partial charge on any atom is -0.476 e. The van der Waals surface area contributed by atoms with Gasteiger partial charge in [-0.2, -0.15) is 4.98 Å². The smallest absolute Gasteiger partial charge is 0.242 e. The molecule has 0 saturated carbocycles. The van der Waals surface area contributed by atoms with E-state index in [2.05, 4.69) is 24.4 Å². The largest absolute Gasteiger partial charge is 0.476 e. The third-order valence-corrected chi connectivity index (χ3v) is 3.15. The molecule has 1 aliphatic heterocycles. The number of anilines is 2. The summed E-state index contributed by atoms with van der Waals surface area (Å²) in [4.78, 5) is 14.8. The Kier molecular flexibility index (Phi) is 2.94. The fourth-order valence-electron chi connectivity index (χ4n) is 2.23. The fraction of sp³-hybridized carbons (Fsp3) is 0.417. The van der Waals surface area contributed by atoms with E-state index in [1.165, 1.54) is 6.33 Å². The number of imidazole rings is 1. The number of aromatic nitrogens is 4. The summed E-state index contributed by atoms with van der Waals surface area (Å²) in [5.41, 5.74) is 6.57. The van der Waals surface area contributed by atoms with E-state index < -0.39 is 0 Å². The van der Waals surface area contributed by atoms with Gasteiger partial charge in [0.15, 0.2) is 5.82 Å². The summed E-state index contributed by atoms with van der Waals surface area (Å²) < 4.78 is 7.54. The van der Waals surface area contributed by atoms with Crippen LogP contribution in [0.3, 0.4) is 0 Å². The molecule has 0 fully saturated rings. The van der Waals surface area contributed by atoms with E-state index in [0.29, 0.717) is 30.5 Å². The number of fused-ring (bicyclic) bond motifs is 1. The van der Waals surface area contributed by atoms with Gasteiger partial charge in [-0.25, -0.2) is 9.97 Å². The van der Waals surface area contributed by atoms with Crippen LogP contribution in [-0.4, -0.2) is 32.7 Å². The van der Waals surface area contributed by atoms with Crippen LogP contribution in [0.5, 0.6) is 5.88 Å². The first-order valence-corrected chi connectivity index (χ1v) is 6.27. The first kappa shape index (κ1) is 11.8. The lowest BCUT2D eigenvalue weighted by Gasteiger charge is -2.29. The molecule has 7 heteroatoms. The summed E-state index contributed by atoms with van der Waals surface area (Å²) in [7, 11) is 0. The molecule has 2 N–H and O–H groups in total. The van der Waals surface area contributed by atoms with Crippen LogP contribution in [0, 0.1) is 0 Å². The van der Waals surface area contributed by atoms with Gasteiger partial charge < -0.3 is 19.9 Å². The number of nitrogen functional groups attached to an aromatic ring is 1. The second kappa shape index (κ2) is 4.75. The molecule has 0 aliphatic carbocycles. The van der Waals surface area contributed by atoms with Crippen molar-refractivity contribution in [2.24, 2.45) is 0 Å². The van der Waals surface area contributed by atoms with Gasteiger partial charge >= 0.3 is 0 Å². The number of hydrogen-bond acceptors (Lipinski definition) is 6. The summed E-state index contributed by atoms with van der Waals surface area (Å²) in [5, 5.41) is 0. The van der Waals surface area contributed by atoms with Crippen LogP contribution in [0.2, 0.25) is 0 Å². The Labute approximate surface area is 111 Å². The lowest BCUT2D eigenvalue weighted by Crippen LogP contribution is -2.34. The highest BCUT2D eigenvalue weighted by atomic mass is 16.5. The summed E-state index contributed by atoms with van der Waals surface area (Å²) in [5.74, 6) is 2.18. The average Bonchev–Trinajstić information content (AvgIpc) is 2.88. The van der Waals surface area contributed by atoms with Crippen molar-refractivity contribution in [3.05, 3.63) is 24.5 Å². The van der Waals surface area contributed by atoms with E-state index in [9.17, 15) is 0 Å². The van der Waals surface area contributed by atoms with Gasteiger partial charge in [0, 0.05) is 25.5 Å². The minimum atomic E-state index is 0.446. The maximum atomic E-state index is 6.08. The zero-order valence-corrected chi connectivity index (χ0v) is 10.8. The number of rotatable bonds is 3. The molecule has 0 radical (unpaired) electrons. The lowest BCUT2D eigenvalue weighted by molar-refractivity contribution is 0.328. The van der Waals surface area contributed by atoms with Gasteiger partial charge in [-0.1, -0.05) is 0 Å². The second-order valence-electron chi connectivity index (χ2n) is 4.31. The molecule has 7 nitrogen and oxygen atoms in total. The molecule has 0 bridgehead atoms. The normalized spacial score (nSPS) is 14.3. The number of ether oxygens (including phenoxy) is 1. The van der Waals surface area contributed by atoms with Crippen molar-refractivity contribution in [2.75, 3.05) is 23.8 Å². The molecule has 0 saturated heterocycles. The zero-order valence-electron chi connectivity index (χ0n) is 10.8. The van der Waals surface area contributed by atoms with Crippen LogP contribution in [0.4, 0.5) is 11.5 Å². The number of nitrogens with two attached hydrogens (primary N) is 1. The Bertz CT molecular complexity index is 581. The second-order valence-corrected chi connectivity index (χ2v) is 4.31. The van der Waals surface area contributed by atoms with E-state index >= 15 is 0 Å². The number of hydrogen-bond donors (Lipinski definition) is 1. The topological polar surface area (TPSA) is 82.1 Å². The monoisotopic (exact) mass is 260 g/mol. The first-order chi connectivity index (χ1) is 9.29. The maximum Gasteiger partial charge on any atom is 0.242 e. The summed E-state index contributed by atoms with van der Waals surface area (Å²) in [6, 6.07) is 0. The molecular weight excluding hydrogens is 244 g/mol. The molecular formula is C12H16N6O. The number of nitrogens with zero attached hydrogens (tertiary/aromatic N) is 5. The Balaban J connectivity index is 1.89. The Morgan fingerprint density at radius 1 is 1.32 bits per heavy atom. The van der Waals surface area contributed by atoms with Crippen molar-refractivity contribution in [3.8, 4) is 5.88 Å². The van der Waals surface area contributed by atoms with Crippen LogP contribution >= 0.6 is 0 Å². The van der Waals surface area contributed by atoms with E-state index in [1.54, 1.807) is 0 Å². The molecule has 19 heavy (non-hydrogen) atoms. The molecule has 1 aliphatic rings. The summed E-state index contributed by atoms with van der Waals surface area (Å²) in [6.07, 6.45) is 5.28. The molecule has 100 valence electrons. The van der Waals surface area contributed by atoms with E-state index in [4.69, 9.17) is 10.5 Å². The van der Waals surface area contributed by atoms with Crippen molar-refractivity contribution in [2.45, 2.75) is 20.0 Å². The average molecular weight is 260 g/mol. The highest BCUT2D eigenvalue weighted by Crippen LogP contribution is 2.29. The van der Waals surface area contributed by atoms with Crippen molar-refractivity contribution in [3.63, 3.8) is 0 Å². The maximum absolute atomic E-state index is 6.08. The van der Waals surface area contributed by atoms with Gasteiger partial charge in [-0.15, -0.1) is 0 Å². The Morgan fingerprint density at radius 2 is 2.21 bits per heavy atom. The van der Waals surface area contributed by atoms with Crippen LogP contribution in [-0.2, 0) is 13.1 Å². The lowest BCUT2D eigenvalue weighted by atomic mass is 10.3. The van der Waals surface area contributed by atoms with Gasteiger partial charge in [0.2, 0.25) is 5.88 Å². The van der Waals surface area contributed by atoms with Crippen LogP contribution in [0.1, 0.15) is 12.7 Å². The van der Waals surface area contributed by atoms with Crippen molar-refractivity contribution < 1.29 is 4.74 Å². The highest BCUT2D eigenvalue weighted by Gasteiger charge is 2.21. The van der Waals surface area contributed by atoms with E-state index in [0.717, 1.165) is 18.9 Å². The molecule has 2 aromatic heterocycles. The minimum absolute atomic E-state index is 0.446. The van der Waals surface area contributed by atoms with Gasteiger partial charge in [-0.3, -0.25) is 0 Å². The van der Waals surface area contributed by atoms with E-state index in [-0.39, 0.29) is 0 Å². The highest BCUT2D eigenvalue weighted by molar-refractivity contribution is 5.67. The molecule has 0 unspecified atom stereocenters. The zero-order chi connectivity index (χ0) is 13.2. The molecule has 0 aromatic carbocycles. The predicted molar refractivity (Wildman–Crippen MR) is 70.9 cm³/mol. The van der Waals surface area contributed by atoms with Crippen molar-refractivity contribution in [1.29, 1.82) is 0 Å². The Hall–Kier alpha value is -2.31. The first-order valence-electron chi connectivity index (χ1n) is 6.27. The summed E-state index contributed by atoms with van der Waals surface area (Å²) in [6.45, 7) is 4.85.